The number of hydrogen-bond acceptors (Lipinski definition) is 3. The van der Waals surface area contributed by atoms with Gasteiger partial charge >= 0.3 is 5.69 Å². The van der Waals surface area contributed by atoms with Gasteiger partial charge in [0, 0.05) is 9.64 Å². The summed E-state index contributed by atoms with van der Waals surface area (Å²) < 4.78 is 6.60. The van der Waals surface area contributed by atoms with Crippen LogP contribution in [0.1, 0.15) is 5.56 Å². The highest BCUT2D eigenvalue weighted by atomic mass is 127. The maximum atomic E-state index is 10.9. The Bertz CT molecular complexity index is 599. The van der Waals surface area contributed by atoms with Crippen LogP contribution in [0.3, 0.4) is 0 Å². The van der Waals surface area contributed by atoms with E-state index < -0.39 is 4.92 Å². The van der Waals surface area contributed by atoms with E-state index in [1.165, 1.54) is 6.07 Å². The van der Waals surface area contributed by atoms with Crippen LogP contribution in [0.15, 0.2) is 42.5 Å². The second-order valence-electron chi connectivity index (χ2n) is 3.79. The summed E-state index contributed by atoms with van der Waals surface area (Å²) >= 11 is 2.16. The molecule has 0 aliphatic carbocycles. The first-order chi connectivity index (χ1) is 8.56. The number of nitrogens with zero attached hydrogens (tertiary/aromatic N) is 1. The summed E-state index contributed by atoms with van der Waals surface area (Å²) in [4.78, 5) is 10.5. The van der Waals surface area contributed by atoms with Gasteiger partial charge in [-0.25, -0.2) is 0 Å². The average molecular weight is 355 g/mol. The van der Waals surface area contributed by atoms with E-state index in [9.17, 15) is 10.1 Å². The number of rotatable bonds is 3. The molecular formula is C13H10INO3. The quantitative estimate of drug-likeness (QED) is 0.469. The van der Waals surface area contributed by atoms with E-state index in [2.05, 4.69) is 22.6 Å². The van der Waals surface area contributed by atoms with Crippen molar-refractivity contribution in [2.75, 3.05) is 0 Å². The molecule has 0 fully saturated rings. The Morgan fingerprint density at radius 1 is 1.22 bits per heavy atom. The van der Waals surface area contributed by atoms with Crippen LogP contribution >= 0.6 is 22.6 Å². The van der Waals surface area contributed by atoms with E-state index in [4.69, 9.17) is 4.74 Å². The van der Waals surface area contributed by atoms with E-state index >= 15 is 0 Å². The third kappa shape index (κ3) is 2.98. The number of halogens is 1. The Morgan fingerprint density at radius 3 is 2.67 bits per heavy atom. The number of benzene rings is 2. The zero-order valence-corrected chi connectivity index (χ0v) is 11.7. The Labute approximate surface area is 118 Å². The lowest BCUT2D eigenvalue weighted by Gasteiger charge is -2.07. The van der Waals surface area contributed by atoms with Crippen LogP contribution in [0, 0.1) is 20.6 Å². The average Bonchev–Trinajstić information content (AvgIpc) is 2.28. The van der Waals surface area contributed by atoms with Gasteiger partial charge in [-0.05, 0) is 59.3 Å². The van der Waals surface area contributed by atoms with E-state index in [1.807, 2.05) is 25.1 Å². The monoisotopic (exact) mass is 355 g/mol. The molecule has 0 atom stereocenters. The Balaban J connectivity index is 2.39. The SMILES string of the molecule is Cc1ccc([N+](=O)[O-])c(Oc2cccc(I)c2)c1. The number of nitro benzene ring substituents is 1. The van der Waals surface area contributed by atoms with Gasteiger partial charge in [-0.1, -0.05) is 12.1 Å². The molecule has 0 bridgehead atoms. The molecule has 2 aromatic carbocycles. The maximum absolute atomic E-state index is 10.9. The van der Waals surface area contributed by atoms with Crippen LogP contribution in [0.5, 0.6) is 11.5 Å². The predicted molar refractivity (Wildman–Crippen MR) is 77.1 cm³/mol. The fourth-order valence-corrected chi connectivity index (χ4v) is 2.03. The normalized spacial score (nSPS) is 10.1. The summed E-state index contributed by atoms with van der Waals surface area (Å²) in [6.07, 6.45) is 0. The van der Waals surface area contributed by atoms with Crippen molar-refractivity contribution >= 4 is 28.3 Å². The molecule has 5 heteroatoms. The van der Waals surface area contributed by atoms with Gasteiger partial charge < -0.3 is 4.74 Å². The molecule has 0 aliphatic rings. The number of hydrogen-bond donors (Lipinski definition) is 0. The van der Waals surface area contributed by atoms with E-state index in [-0.39, 0.29) is 11.4 Å². The summed E-state index contributed by atoms with van der Waals surface area (Å²) in [6.45, 7) is 1.87. The fraction of sp³-hybridized carbons (Fsp3) is 0.0769. The standard InChI is InChI=1S/C13H10INO3/c1-9-5-6-12(15(16)17)13(7-9)18-11-4-2-3-10(14)8-11/h2-8H,1H3. The molecular weight excluding hydrogens is 345 g/mol. The molecule has 0 N–H and O–H groups in total. The van der Waals surface area contributed by atoms with Crippen molar-refractivity contribution in [2.24, 2.45) is 0 Å². The first-order valence-corrected chi connectivity index (χ1v) is 6.32. The first kappa shape index (κ1) is 12.8. The predicted octanol–water partition coefficient (Wildman–Crippen LogP) is 4.30. The number of aryl methyl sites for hydroxylation is 1. The minimum absolute atomic E-state index is 0.0283. The Kier molecular flexibility index (Phi) is 3.81. The molecule has 0 aliphatic heterocycles. The third-order valence-electron chi connectivity index (χ3n) is 2.34. The van der Waals surface area contributed by atoms with Crippen molar-refractivity contribution in [3.8, 4) is 11.5 Å². The number of nitro groups is 1. The molecule has 4 nitrogen and oxygen atoms in total. The molecule has 0 heterocycles. The molecule has 0 amide bonds. The van der Waals surface area contributed by atoms with Crippen LogP contribution in [0.4, 0.5) is 5.69 Å². The molecule has 0 saturated heterocycles. The van der Waals surface area contributed by atoms with E-state index in [0.717, 1.165) is 9.13 Å². The molecule has 92 valence electrons. The van der Waals surface area contributed by atoms with Crippen LogP contribution in [0.2, 0.25) is 0 Å². The van der Waals surface area contributed by atoms with Crippen molar-refractivity contribution in [1.29, 1.82) is 0 Å². The van der Waals surface area contributed by atoms with Gasteiger partial charge in [-0.3, -0.25) is 10.1 Å². The third-order valence-corrected chi connectivity index (χ3v) is 3.01. The zero-order chi connectivity index (χ0) is 13.1. The van der Waals surface area contributed by atoms with Gasteiger partial charge in [0.1, 0.15) is 5.75 Å². The van der Waals surface area contributed by atoms with E-state index in [0.29, 0.717) is 5.75 Å². The summed E-state index contributed by atoms with van der Waals surface area (Å²) in [7, 11) is 0. The van der Waals surface area contributed by atoms with Crippen LogP contribution < -0.4 is 4.74 Å². The van der Waals surface area contributed by atoms with Crippen molar-refractivity contribution in [1.82, 2.24) is 0 Å². The highest BCUT2D eigenvalue weighted by molar-refractivity contribution is 14.1. The lowest BCUT2D eigenvalue weighted by atomic mass is 10.2. The van der Waals surface area contributed by atoms with Crippen LogP contribution in [-0.4, -0.2) is 4.92 Å². The van der Waals surface area contributed by atoms with Crippen molar-refractivity contribution in [3.05, 3.63) is 61.7 Å². The smallest absolute Gasteiger partial charge is 0.311 e. The molecule has 2 aromatic rings. The molecule has 18 heavy (non-hydrogen) atoms. The van der Waals surface area contributed by atoms with Crippen molar-refractivity contribution in [2.45, 2.75) is 6.92 Å². The second kappa shape index (κ2) is 5.34. The largest absolute Gasteiger partial charge is 0.450 e. The topological polar surface area (TPSA) is 52.4 Å². The lowest BCUT2D eigenvalue weighted by Crippen LogP contribution is -1.94. The van der Waals surface area contributed by atoms with Crippen molar-refractivity contribution < 1.29 is 9.66 Å². The van der Waals surface area contributed by atoms with Gasteiger partial charge in [-0.15, -0.1) is 0 Å². The minimum Gasteiger partial charge on any atom is -0.450 e. The second-order valence-corrected chi connectivity index (χ2v) is 5.03. The van der Waals surface area contributed by atoms with Crippen molar-refractivity contribution in [3.63, 3.8) is 0 Å². The van der Waals surface area contributed by atoms with Gasteiger partial charge in [0.25, 0.3) is 0 Å². The Hall–Kier alpha value is -1.63. The molecule has 0 aromatic heterocycles. The highest BCUT2D eigenvalue weighted by Gasteiger charge is 2.15. The summed E-state index contributed by atoms with van der Waals surface area (Å²) in [5.41, 5.74) is 0.890. The highest BCUT2D eigenvalue weighted by Crippen LogP contribution is 2.32. The summed E-state index contributed by atoms with van der Waals surface area (Å²) in [5, 5.41) is 10.9. The van der Waals surface area contributed by atoms with Gasteiger partial charge in [0.15, 0.2) is 0 Å². The van der Waals surface area contributed by atoms with Gasteiger partial charge in [-0.2, -0.15) is 0 Å². The van der Waals surface area contributed by atoms with Crippen LogP contribution in [0.25, 0.3) is 0 Å². The lowest BCUT2D eigenvalue weighted by molar-refractivity contribution is -0.385. The molecule has 0 unspecified atom stereocenters. The Morgan fingerprint density at radius 2 is 2.00 bits per heavy atom. The zero-order valence-electron chi connectivity index (χ0n) is 9.59. The molecule has 0 radical (unpaired) electrons. The summed E-state index contributed by atoms with van der Waals surface area (Å²) in [6, 6.07) is 12.2. The molecule has 0 saturated carbocycles. The molecule has 0 spiro atoms. The van der Waals surface area contributed by atoms with Gasteiger partial charge in [0.05, 0.1) is 4.92 Å². The number of ether oxygens (including phenoxy) is 1. The van der Waals surface area contributed by atoms with E-state index in [1.54, 1.807) is 18.2 Å². The summed E-state index contributed by atoms with van der Waals surface area (Å²) in [5.74, 6) is 0.859. The fourth-order valence-electron chi connectivity index (χ4n) is 1.51. The minimum atomic E-state index is -0.442. The van der Waals surface area contributed by atoms with Gasteiger partial charge in [0.2, 0.25) is 5.75 Å². The maximum Gasteiger partial charge on any atom is 0.311 e. The first-order valence-electron chi connectivity index (χ1n) is 5.25. The molecule has 2 rings (SSSR count). The van der Waals surface area contributed by atoms with Crippen LogP contribution in [-0.2, 0) is 0 Å².